The van der Waals surface area contributed by atoms with Gasteiger partial charge in [0.05, 0.1) is 7.11 Å². The first-order chi connectivity index (χ1) is 9.41. The Kier molecular flexibility index (Phi) is 4.31. The van der Waals surface area contributed by atoms with Crippen LogP contribution >= 0.6 is 0 Å². The standard InChI is InChI=1S/C16H24N2O2/c1-11-9-13(15(19)20-4)14(17-10-11)18-12-5-7-16(2,3)8-6-12/h9-10,12H,5-8H2,1-4H3,(H,17,18). The quantitative estimate of drug-likeness (QED) is 0.858. The molecule has 0 radical (unpaired) electrons. The van der Waals surface area contributed by atoms with Gasteiger partial charge in [0, 0.05) is 12.2 Å². The number of hydrogen-bond acceptors (Lipinski definition) is 4. The Morgan fingerprint density at radius 3 is 2.65 bits per heavy atom. The van der Waals surface area contributed by atoms with E-state index in [2.05, 4.69) is 24.1 Å². The van der Waals surface area contributed by atoms with E-state index in [1.54, 1.807) is 6.20 Å². The Balaban J connectivity index is 2.11. The molecule has 1 saturated carbocycles. The summed E-state index contributed by atoms with van der Waals surface area (Å²) in [5.41, 5.74) is 1.92. The number of nitrogens with zero attached hydrogens (tertiary/aromatic N) is 1. The van der Waals surface area contributed by atoms with Crippen LogP contribution in [-0.2, 0) is 4.74 Å². The normalized spacial score (nSPS) is 18.6. The zero-order valence-corrected chi connectivity index (χ0v) is 12.8. The van der Waals surface area contributed by atoms with E-state index >= 15 is 0 Å². The molecule has 4 nitrogen and oxygen atoms in total. The number of hydrogen-bond donors (Lipinski definition) is 1. The van der Waals surface area contributed by atoms with E-state index in [9.17, 15) is 4.79 Å². The van der Waals surface area contributed by atoms with Crippen LogP contribution in [0.2, 0.25) is 0 Å². The minimum absolute atomic E-state index is 0.333. The minimum atomic E-state index is -0.333. The van der Waals surface area contributed by atoms with E-state index in [0.29, 0.717) is 22.8 Å². The van der Waals surface area contributed by atoms with Crippen LogP contribution in [0, 0.1) is 12.3 Å². The molecule has 0 spiro atoms. The van der Waals surface area contributed by atoms with Gasteiger partial charge < -0.3 is 10.1 Å². The molecule has 0 unspecified atom stereocenters. The molecule has 1 fully saturated rings. The van der Waals surface area contributed by atoms with E-state index in [1.807, 2.05) is 13.0 Å². The topological polar surface area (TPSA) is 51.2 Å². The molecule has 1 heterocycles. The van der Waals surface area contributed by atoms with Gasteiger partial charge in [-0.05, 0) is 49.7 Å². The fourth-order valence-electron chi connectivity index (χ4n) is 2.69. The van der Waals surface area contributed by atoms with Crippen molar-refractivity contribution in [1.29, 1.82) is 0 Å². The van der Waals surface area contributed by atoms with Gasteiger partial charge in [-0.3, -0.25) is 0 Å². The van der Waals surface area contributed by atoms with Crippen molar-refractivity contribution < 1.29 is 9.53 Å². The van der Waals surface area contributed by atoms with Gasteiger partial charge in [0.1, 0.15) is 11.4 Å². The molecule has 2 rings (SSSR count). The van der Waals surface area contributed by atoms with Gasteiger partial charge in [-0.15, -0.1) is 0 Å². The first-order valence-electron chi connectivity index (χ1n) is 7.23. The maximum absolute atomic E-state index is 11.8. The first-order valence-corrected chi connectivity index (χ1v) is 7.23. The molecule has 0 atom stereocenters. The highest BCUT2D eigenvalue weighted by atomic mass is 16.5. The molecular weight excluding hydrogens is 252 g/mol. The van der Waals surface area contributed by atoms with Crippen molar-refractivity contribution in [3.63, 3.8) is 0 Å². The van der Waals surface area contributed by atoms with E-state index in [0.717, 1.165) is 18.4 Å². The Bertz CT molecular complexity index is 487. The van der Waals surface area contributed by atoms with Crippen LogP contribution in [0.25, 0.3) is 0 Å². The molecule has 1 aliphatic rings. The zero-order valence-electron chi connectivity index (χ0n) is 12.8. The molecule has 1 aromatic heterocycles. The van der Waals surface area contributed by atoms with Crippen molar-refractivity contribution in [3.8, 4) is 0 Å². The molecule has 1 aliphatic carbocycles. The predicted octanol–water partition coefficient (Wildman–Crippen LogP) is 3.56. The lowest BCUT2D eigenvalue weighted by atomic mass is 9.75. The highest BCUT2D eigenvalue weighted by Crippen LogP contribution is 2.36. The third kappa shape index (κ3) is 3.50. The molecule has 110 valence electrons. The van der Waals surface area contributed by atoms with Crippen molar-refractivity contribution in [2.45, 2.75) is 52.5 Å². The average Bonchev–Trinajstić information content (AvgIpc) is 2.42. The number of carbonyl (C=O) groups excluding carboxylic acids is 1. The first kappa shape index (κ1) is 14.8. The largest absolute Gasteiger partial charge is 0.465 e. The predicted molar refractivity (Wildman–Crippen MR) is 80.0 cm³/mol. The fraction of sp³-hybridized carbons (Fsp3) is 0.625. The second-order valence-corrected chi connectivity index (χ2v) is 6.48. The van der Waals surface area contributed by atoms with E-state index in [1.165, 1.54) is 20.0 Å². The number of aryl methyl sites for hydroxylation is 1. The van der Waals surface area contributed by atoms with Gasteiger partial charge in [-0.25, -0.2) is 9.78 Å². The number of pyridine rings is 1. The Morgan fingerprint density at radius 1 is 1.40 bits per heavy atom. The summed E-state index contributed by atoms with van der Waals surface area (Å²) in [5.74, 6) is 0.312. The molecule has 0 bridgehead atoms. The van der Waals surface area contributed by atoms with Crippen LogP contribution in [0.15, 0.2) is 12.3 Å². The number of methoxy groups -OCH3 is 1. The molecular formula is C16H24N2O2. The van der Waals surface area contributed by atoms with E-state index in [-0.39, 0.29) is 5.97 Å². The van der Waals surface area contributed by atoms with Crippen LogP contribution in [0.1, 0.15) is 55.5 Å². The molecule has 0 aromatic carbocycles. The lowest BCUT2D eigenvalue weighted by Crippen LogP contribution is -2.30. The van der Waals surface area contributed by atoms with E-state index in [4.69, 9.17) is 4.74 Å². The number of nitrogens with one attached hydrogen (secondary N) is 1. The van der Waals surface area contributed by atoms with Gasteiger partial charge in [0.15, 0.2) is 0 Å². The Hall–Kier alpha value is -1.58. The number of carbonyl (C=O) groups is 1. The highest BCUT2D eigenvalue weighted by molar-refractivity contribution is 5.94. The number of rotatable bonds is 3. The molecule has 1 N–H and O–H groups in total. The Labute approximate surface area is 120 Å². The van der Waals surface area contributed by atoms with Crippen molar-refractivity contribution in [2.75, 3.05) is 12.4 Å². The van der Waals surface area contributed by atoms with Gasteiger partial charge in [0.25, 0.3) is 0 Å². The molecule has 0 amide bonds. The smallest absolute Gasteiger partial charge is 0.341 e. The summed E-state index contributed by atoms with van der Waals surface area (Å²) in [7, 11) is 1.40. The summed E-state index contributed by atoms with van der Waals surface area (Å²) in [6, 6.07) is 2.22. The van der Waals surface area contributed by atoms with Crippen LogP contribution in [-0.4, -0.2) is 24.1 Å². The number of ether oxygens (including phenoxy) is 1. The van der Waals surface area contributed by atoms with Gasteiger partial charge in [-0.2, -0.15) is 0 Å². The number of esters is 1. The Morgan fingerprint density at radius 2 is 2.05 bits per heavy atom. The van der Waals surface area contributed by atoms with Crippen LogP contribution in [0.5, 0.6) is 0 Å². The second-order valence-electron chi connectivity index (χ2n) is 6.48. The molecule has 1 aromatic rings. The molecule has 20 heavy (non-hydrogen) atoms. The van der Waals surface area contributed by atoms with Crippen LogP contribution < -0.4 is 5.32 Å². The van der Waals surface area contributed by atoms with Gasteiger partial charge in [-0.1, -0.05) is 13.8 Å². The van der Waals surface area contributed by atoms with Crippen LogP contribution in [0.4, 0.5) is 5.82 Å². The SMILES string of the molecule is COC(=O)c1cc(C)cnc1NC1CCC(C)(C)CC1. The van der Waals surface area contributed by atoms with Crippen molar-refractivity contribution in [3.05, 3.63) is 23.4 Å². The summed E-state index contributed by atoms with van der Waals surface area (Å²) in [6.07, 6.45) is 6.40. The third-order valence-electron chi connectivity index (χ3n) is 4.11. The summed E-state index contributed by atoms with van der Waals surface area (Å²) in [4.78, 5) is 16.2. The third-order valence-corrected chi connectivity index (χ3v) is 4.11. The van der Waals surface area contributed by atoms with Gasteiger partial charge in [0.2, 0.25) is 0 Å². The number of aromatic nitrogens is 1. The summed E-state index contributed by atoms with van der Waals surface area (Å²) < 4.78 is 4.84. The highest BCUT2D eigenvalue weighted by Gasteiger charge is 2.27. The lowest BCUT2D eigenvalue weighted by Gasteiger charge is -2.35. The number of anilines is 1. The van der Waals surface area contributed by atoms with Crippen LogP contribution in [0.3, 0.4) is 0 Å². The van der Waals surface area contributed by atoms with Crippen molar-refractivity contribution in [2.24, 2.45) is 5.41 Å². The zero-order chi connectivity index (χ0) is 14.8. The lowest BCUT2D eigenvalue weighted by molar-refractivity contribution is 0.0601. The second kappa shape index (κ2) is 5.81. The average molecular weight is 276 g/mol. The molecule has 0 aliphatic heterocycles. The summed E-state index contributed by atoms with van der Waals surface area (Å²) >= 11 is 0. The monoisotopic (exact) mass is 276 g/mol. The van der Waals surface area contributed by atoms with Crippen molar-refractivity contribution in [1.82, 2.24) is 4.98 Å². The minimum Gasteiger partial charge on any atom is -0.465 e. The van der Waals surface area contributed by atoms with Gasteiger partial charge >= 0.3 is 5.97 Å². The molecule has 4 heteroatoms. The molecule has 0 saturated heterocycles. The van der Waals surface area contributed by atoms with Crippen molar-refractivity contribution >= 4 is 11.8 Å². The maximum atomic E-state index is 11.8. The fourth-order valence-corrected chi connectivity index (χ4v) is 2.69. The summed E-state index contributed by atoms with van der Waals surface area (Å²) in [6.45, 7) is 6.55. The van der Waals surface area contributed by atoms with E-state index < -0.39 is 0 Å². The maximum Gasteiger partial charge on any atom is 0.341 e. The summed E-state index contributed by atoms with van der Waals surface area (Å²) in [5, 5.41) is 3.42.